The highest BCUT2D eigenvalue weighted by molar-refractivity contribution is 8.20. The Labute approximate surface area is 161 Å². The third-order valence-electron chi connectivity index (χ3n) is 5.29. The first-order valence-electron chi connectivity index (χ1n) is 8.82. The van der Waals surface area contributed by atoms with Crippen LogP contribution in [0.25, 0.3) is 0 Å². The number of thioether (sulfide) groups is 2. The zero-order chi connectivity index (χ0) is 18.1. The number of amides is 1. The summed E-state index contributed by atoms with van der Waals surface area (Å²) in [7, 11) is 1.40. The molecule has 1 aromatic rings. The lowest BCUT2D eigenvalue weighted by molar-refractivity contribution is 0.0825. The lowest BCUT2D eigenvalue weighted by Crippen LogP contribution is -2.44. The molecule has 3 aliphatic rings. The summed E-state index contributed by atoms with van der Waals surface area (Å²) in [5.41, 5.74) is 1.20. The molecule has 0 spiro atoms. The van der Waals surface area contributed by atoms with Gasteiger partial charge in [-0.25, -0.2) is 4.79 Å². The van der Waals surface area contributed by atoms with Gasteiger partial charge in [0.15, 0.2) is 11.5 Å². The maximum Gasteiger partial charge on any atom is 0.410 e. The number of hydrogen-bond acceptors (Lipinski definition) is 7. The summed E-state index contributed by atoms with van der Waals surface area (Å²) in [4.78, 5) is 14.0. The first-order chi connectivity index (χ1) is 12.7. The number of fused-ring (bicyclic) bond motifs is 1. The molecule has 2 atom stereocenters. The Hall–Kier alpha value is -1.25. The molecule has 3 heterocycles. The molecule has 1 N–H and O–H groups in total. The van der Waals surface area contributed by atoms with Gasteiger partial charge >= 0.3 is 6.09 Å². The maximum absolute atomic E-state index is 12.3. The van der Waals surface area contributed by atoms with Crippen molar-refractivity contribution in [3.05, 3.63) is 23.8 Å². The predicted octanol–water partition coefficient (Wildman–Crippen LogP) is 3.03. The fourth-order valence-corrected chi connectivity index (χ4v) is 7.41. The van der Waals surface area contributed by atoms with Gasteiger partial charge in [0.2, 0.25) is 6.79 Å². The van der Waals surface area contributed by atoms with Crippen LogP contribution in [-0.4, -0.2) is 60.2 Å². The lowest BCUT2D eigenvalue weighted by atomic mass is 10.0. The van der Waals surface area contributed by atoms with Gasteiger partial charge in [0.25, 0.3) is 0 Å². The van der Waals surface area contributed by atoms with Crippen molar-refractivity contribution >= 4 is 29.6 Å². The van der Waals surface area contributed by atoms with Crippen molar-refractivity contribution in [2.75, 3.05) is 32.0 Å². The maximum atomic E-state index is 12.3. The van der Waals surface area contributed by atoms with Gasteiger partial charge in [-0.3, -0.25) is 4.90 Å². The van der Waals surface area contributed by atoms with E-state index in [1.807, 2.05) is 29.6 Å². The molecular weight excluding hydrogens is 374 g/mol. The second kappa shape index (κ2) is 7.40. The SMILES string of the molecule is COC(=O)N1[C@H](CO)CC[C@@H]1CC1(c2ccc3c(c2)OCO3)SCCS1. The zero-order valence-electron chi connectivity index (χ0n) is 14.7. The van der Waals surface area contributed by atoms with Crippen molar-refractivity contribution in [3.8, 4) is 11.5 Å². The average molecular weight is 398 g/mol. The Morgan fingerprint density at radius 3 is 2.73 bits per heavy atom. The van der Waals surface area contributed by atoms with Crippen LogP contribution in [0.2, 0.25) is 0 Å². The molecule has 6 nitrogen and oxygen atoms in total. The van der Waals surface area contributed by atoms with Gasteiger partial charge in [-0.15, -0.1) is 23.5 Å². The Kier molecular flexibility index (Phi) is 5.16. The van der Waals surface area contributed by atoms with Crippen molar-refractivity contribution in [2.45, 2.75) is 35.4 Å². The van der Waals surface area contributed by atoms with E-state index in [0.717, 1.165) is 42.3 Å². The molecule has 0 radical (unpaired) electrons. The van der Waals surface area contributed by atoms with Crippen LogP contribution in [0, 0.1) is 0 Å². The molecule has 4 rings (SSSR count). The molecule has 0 saturated carbocycles. The van der Waals surface area contributed by atoms with E-state index in [1.54, 1.807) is 4.90 Å². The fraction of sp³-hybridized carbons (Fsp3) is 0.611. The minimum absolute atomic E-state index is 0.0249. The monoisotopic (exact) mass is 397 g/mol. The fourth-order valence-electron chi connectivity index (χ4n) is 4.05. The second-order valence-electron chi connectivity index (χ2n) is 6.67. The van der Waals surface area contributed by atoms with Gasteiger partial charge in [-0.2, -0.15) is 0 Å². The van der Waals surface area contributed by atoms with Crippen molar-refractivity contribution in [3.63, 3.8) is 0 Å². The summed E-state index contributed by atoms with van der Waals surface area (Å²) in [5.74, 6) is 3.73. The normalized spacial score (nSPS) is 26.3. The Bertz CT molecular complexity index is 680. The number of methoxy groups -OCH3 is 1. The molecular formula is C18H23NO5S2. The summed E-state index contributed by atoms with van der Waals surface area (Å²) in [6.07, 6.45) is 2.17. The summed E-state index contributed by atoms with van der Waals surface area (Å²) < 4.78 is 15.9. The highest BCUT2D eigenvalue weighted by atomic mass is 32.2. The molecule has 8 heteroatoms. The topological polar surface area (TPSA) is 68.2 Å². The average Bonchev–Trinajstić information content (AvgIpc) is 3.40. The van der Waals surface area contributed by atoms with Crippen LogP contribution >= 0.6 is 23.5 Å². The molecule has 2 saturated heterocycles. The van der Waals surface area contributed by atoms with Crippen molar-refractivity contribution in [1.29, 1.82) is 0 Å². The summed E-state index contributed by atoms with van der Waals surface area (Å²) >= 11 is 3.86. The van der Waals surface area contributed by atoms with Crippen molar-refractivity contribution in [2.24, 2.45) is 0 Å². The van der Waals surface area contributed by atoms with E-state index < -0.39 is 0 Å². The number of carbonyl (C=O) groups is 1. The number of likely N-dealkylation sites (tertiary alicyclic amines) is 1. The van der Waals surface area contributed by atoms with Crippen LogP contribution in [0.15, 0.2) is 18.2 Å². The van der Waals surface area contributed by atoms with Gasteiger partial charge in [0, 0.05) is 17.5 Å². The van der Waals surface area contributed by atoms with E-state index in [-0.39, 0.29) is 35.7 Å². The second-order valence-corrected chi connectivity index (χ2v) is 9.71. The summed E-state index contributed by atoms with van der Waals surface area (Å²) in [5, 5.41) is 9.66. The first kappa shape index (κ1) is 18.1. The smallest absolute Gasteiger partial charge is 0.410 e. The molecule has 0 unspecified atom stereocenters. The van der Waals surface area contributed by atoms with E-state index in [9.17, 15) is 9.90 Å². The van der Waals surface area contributed by atoms with E-state index in [2.05, 4.69) is 12.1 Å². The number of benzene rings is 1. The molecule has 1 amide bonds. The van der Waals surface area contributed by atoms with Crippen LogP contribution in [0.5, 0.6) is 11.5 Å². The van der Waals surface area contributed by atoms with Crippen molar-refractivity contribution in [1.82, 2.24) is 4.90 Å². The first-order valence-corrected chi connectivity index (χ1v) is 10.8. The van der Waals surface area contributed by atoms with E-state index in [1.165, 1.54) is 12.7 Å². The number of rotatable bonds is 4. The minimum atomic E-state index is -0.347. The molecule has 0 aliphatic carbocycles. The third kappa shape index (κ3) is 3.12. The number of aliphatic hydroxyl groups excluding tert-OH is 1. The minimum Gasteiger partial charge on any atom is -0.454 e. The van der Waals surface area contributed by atoms with E-state index >= 15 is 0 Å². The van der Waals surface area contributed by atoms with Crippen LogP contribution < -0.4 is 9.47 Å². The molecule has 1 aromatic carbocycles. The molecule has 3 aliphatic heterocycles. The number of nitrogens with zero attached hydrogens (tertiary/aromatic N) is 1. The molecule has 142 valence electrons. The Morgan fingerprint density at radius 2 is 2.00 bits per heavy atom. The van der Waals surface area contributed by atoms with Gasteiger partial charge in [-0.05, 0) is 37.0 Å². The number of carbonyl (C=O) groups excluding carboxylic acids is 1. The molecule has 0 aromatic heterocycles. The highest BCUT2D eigenvalue weighted by Gasteiger charge is 2.46. The summed E-state index contributed by atoms with van der Waals surface area (Å²) in [6, 6.07) is 6.07. The van der Waals surface area contributed by atoms with E-state index in [0.29, 0.717) is 0 Å². The third-order valence-corrected chi connectivity index (χ3v) is 8.81. The number of aliphatic hydroxyl groups is 1. The zero-order valence-corrected chi connectivity index (χ0v) is 16.3. The Morgan fingerprint density at radius 1 is 1.27 bits per heavy atom. The van der Waals surface area contributed by atoms with Crippen molar-refractivity contribution < 1.29 is 24.1 Å². The largest absolute Gasteiger partial charge is 0.454 e. The summed E-state index contributed by atoms with van der Waals surface area (Å²) in [6.45, 7) is 0.242. The number of ether oxygens (including phenoxy) is 3. The standard InChI is InChI=1S/C18H23NO5S2/c1-22-17(21)19-13(3-4-14(19)10-20)9-18(25-6-7-26-18)12-2-5-15-16(8-12)24-11-23-15/h2,5,8,13-14,20H,3-4,6-7,9-11H2,1H3/t13-,14+/m1/s1. The van der Waals surface area contributed by atoms with Crippen LogP contribution in [0.4, 0.5) is 4.79 Å². The molecule has 26 heavy (non-hydrogen) atoms. The Balaban J connectivity index is 1.62. The van der Waals surface area contributed by atoms with E-state index in [4.69, 9.17) is 14.2 Å². The quantitative estimate of drug-likeness (QED) is 0.837. The van der Waals surface area contributed by atoms with Gasteiger partial charge < -0.3 is 19.3 Å². The molecule has 0 bridgehead atoms. The van der Waals surface area contributed by atoms with Crippen LogP contribution in [0.3, 0.4) is 0 Å². The van der Waals surface area contributed by atoms with Gasteiger partial charge in [-0.1, -0.05) is 6.07 Å². The van der Waals surface area contributed by atoms with Crippen LogP contribution in [0.1, 0.15) is 24.8 Å². The predicted molar refractivity (Wildman–Crippen MR) is 102 cm³/mol. The van der Waals surface area contributed by atoms with Gasteiger partial charge in [0.05, 0.1) is 23.8 Å². The van der Waals surface area contributed by atoms with Crippen LogP contribution in [-0.2, 0) is 8.82 Å². The van der Waals surface area contributed by atoms with Gasteiger partial charge in [0.1, 0.15) is 0 Å². The molecule has 2 fully saturated rings. The number of hydrogen-bond donors (Lipinski definition) is 1. The highest BCUT2D eigenvalue weighted by Crippen LogP contribution is 2.57. The lowest BCUT2D eigenvalue weighted by Gasteiger charge is -2.35.